The number of hydrogen-bond acceptors (Lipinski definition) is 5. The number of thiocarbonyl (C=S) groups is 1. The van der Waals surface area contributed by atoms with Crippen molar-refractivity contribution in [3.63, 3.8) is 0 Å². The molecule has 0 radical (unpaired) electrons. The molecule has 1 saturated heterocycles. The second kappa shape index (κ2) is 7.66. The van der Waals surface area contributed by atoms with Crippen LogP contribution < -0.4 is 4.90 Å². The number of carbonyl (C=O) groups excluding carboxylic acids is 1. The minimum Gasteiger partial charge on any atom is -0.268 e. The molecule has 0 aromatic heterocycles. The number of halogens is 3. The third-order valence-electron chi connectivity index (χ3n) is 3.41. The van der Waals surface area contributed by atoms with Crippen molar-refractivity contribution in [2.24, 2.45) is 0 Å². The molecule has 0 aliphatic carbocycles. The fourth-order valence-corrected chi connectivity index (χ4v) is 4.42. The Kier molecular flexibility index (Phi) is 5.69. The van der Waals surface area contributed by atoms with Crippen molar-refractivity contribution in [3.8, 4) is 0 Å². The van der Waals surface area contributed by atoms with Crippen molar-refractivity contribution in [1.29, 1.82) is 0 Å². The predicted octanol–water partition coefficient (Wildman–Crippen LogP) is 6.07. The fourth-order valence-electron chi connectivity index (χ4n) is 2.25. The molecular formula is C16H7BrCl2N2O3S2. The fraction of sp³-hybridized carbons (Fsp3) is 0. The predicted molar refractivity (Wildman–Crippen MR) is 113 cm³/mol. The second-order valence-corrected chi connectivity index (χ2v) is 8.45. The van der Waals surface area contributed by atoms with Crippen molar-refractivity contribution in [3.05, 3.63) is 71.5 Å². The molecule has 0 spiro atoms. The molecular weight excluding hydrogens is 483 g/mol. The topological polar surface area (TPSA) is 63.4 Å². The Morgan fingerprint density at radius 3 is 2.62 bits per heavy atom. The number of thioether (sulfide) groups is 1. The maximum atomic E-state index is 12.8. The highest BCUT2D eigenvalue weighted by Crippen LogP contribution is 2.40. The SMILES string of the molecule is O=C1/C(=C\c2ccc(Br)c([N+](=O)[O-])c2)SC(=S)N1c1ccc(Cl)cc1Cl. The Bertz CT molecular complexity index is 997. The smallest absolute Gasteiger partial charge is 0.268 e. The lowest BCUT2D eigenvalue weighted by Crippen LogP contribution is -2.27. The van der Waals surface area contributed by atoms with Gasteiger partial charge in [0, 0.05) is 11.1 Å². The van der Waals surface area contributed by atoms with Crippen molar-refractivity contribution in [2.45, 2.75) is 0 Å². The average molecular weight is 490 g/mol. The molecule has 2 aromatic rings. The summed E-state index contributed by atoms with van der Waals surface area (Å²) in [5.74, 6) is -0.352. The number of carbonyl (C=O) groups is 1. The molecule has 1 aliphatic rings. The number of benzene rings is 2. The summed E-state index contributed by atoms with van der Waals surface area (Å²) in [5.41, 5.74) is 0.862. The van der Waals surface area contributed by atoms with Crippen molar-refractivity contribution in [1.82, 2.24) is 0 Å². The van der Waals surface area contributed by atoms with Crippen LogP contribution in [0.1, 0.15) is 5.56 Å². The molecule has 0 atom stereocenters. The minimum atomic E-state index is -0.500. The number of nitro groups is 1. The van der Waals surface area contributed by atoms with Crippen LogP contribution in [0.2, 0.25) is 10.0 Å². The van der Waals surface area contributed by atoms with Gasteiger partial charge in [-0.25, -0.2) is 0 Å². The number of hydrogen-bond donors (Lipinski definition) is 0. The minimum absolute atomic E-state index is 0.0880. The molecule has 0 unspecified atom stereocenters. The second-order valence-electron chi connectivity index (χ2n) is 5.08. The van der Waals surface area contributed by atoms with Crippen molar-refractivity contribution in [2.75, 3.05) is 4.90 Å². The lowest BCUT2D eigenvalue weighted by molar-refractivity contribution is -0.385. The molecule has 1 fully saturated rings. The number of amides is 1. The Balaban J connectivity index is 1.97. The molecule has 1 heterocycles. The lowest BCUT2D eigenvalue weighted by Gasteiger charge is -2.16. The molecule has 3 rings (SSSR count). The van der Waals surface area contributed by atoms with E-state index in [0.717, 1.165) is 11.8 Å². The molecule has 0 saturated carbocycles. The zero-order valence-corrected chi connectivity index (χ0v) is 17.3. The highest BCUT2D eigenvalue weighted by molar-refractivity contribution is 9.10. The third kappa shape index (κ3) is 3.79. The van der Waals surface area contributed by atoms with Gasteiger partial charge in [-0.1, -0.05) is 53.2 Å². The Labute approximate surface area is 176 Å². The summed E-state index contributed by atoms with van der Waals surface area (Å²) in [4.78, 5) is 25.0. The van der Waals surface area contributed by atoms with Gasteiger partial charge in [-0.3, -0.25) is 19.8 Å². The molecule has 0 N–H and O–H groups in total. The van der Waals surface area contributed by atoms with E-state index in [-0.39, 0.29) is 11.6 Å². The van der Waals surface area contributed by atoms with E-state index in [1.165, 1.54) is 17.0 Å². The third-order valence-corrected chi connectivity index (χ3v) is 5.92. The Morgan fingerprint density at radius 1 is 1.23 bits per heavy atom. The van der Waals surface area contributed by atoms with Gasteiger partial charge in [0.2, 0.25) is 0 Å². The van der Waals surface area contributed by atoms with Crippen LogP contribution in [-0.4, -0.2) is 15.2 Å². The van der Waals surface area contributed by atoms with Crippen molar-refractivity contribution >= 4 is 90.8 Å². The first-order valence-corrected chi connectivity index (χ1v) is 9.72. The summed E-state index contributed by atoms with van der Waals surface area (Å²) in [7, 11) is 0. The highest BCUT2D eigenvalue weighted by Gasteiger charge is 2.34. The van der Waals surface area contributed by atoms with Crippen LogP contribution in [0.4, 0.5) is 11.4 Å². The van der Waals surface area contributed by atoms with Crippen LogP contribution in [0.5, 0.6) is 0 Å². The molecule has 26 heavy (non-hydrogen) atoms. The summed E-state index contributed by atoms with van der Waals surface area (Å²) in [5, 5.41) is 11.8. The number of rotatable bonds is 3. The maximum absolute atomic E-state index is 12.8. The summed E-state index contributed by atoms with van der Waals surface area (Å²) in [6.45, 7) is 0. The van der Waals surface area contributed by atoms with E-state index in [0.29, 0.717) is 35.0 Å². The molecule has 5 nitrogen and oxygen atoms in total. The van der Waals surface area contributed by atoms with Gasteiger partial charge in [0.25, 0.3) is 11.6 Å². The Hall–Kier alpha value is -1.45. The van der Waals surface area contributed by atoms with E-state index in [2.05, 4.69) is 15.9 Å². The van der Waals surface area contributed by atoms with E-state index in [1.54, 1.807) is 30.3 Å². The molecule has 0 bridgehead atoms. The summed E-state index contributed by atoms with van der Waals surface area (Å²) in [6, 6.07) is 9.36. The largest absolute Gasteiger partial charge is 0.284 e. The highest BCUT2D eigenvalue weighted by atomic mass is 79.9. The average Bonchev–Trinajstić information content (AvgIpc) is 2.83. The Morgan fingerprint density at radius 2 is 1.96 bits per heavy atom. The van der Waals surface area contributed by atoms with Crippen molar-refractivity contribution < 1.29 is 9.72 Å². The standard InChI is InChI=1S/C16H7BrCl2N2O3S2/c17-10-3-1-8(5-13(10)21(23)24)6-14-15(22)20(16(25)26-14)12-4-2-9(18)7-11(12)19/h1-7H/b14-6+. The number of nitro benzene ring substituents is 1. The van der Waals surface area contributed by atoms with E-state index in [4.69, 9.17) is 35.4 Å². The first kappa shape index (κ1) is 19.3. The van der Waals surface area contributed by atoms with Gasteiger partial charge >= 0.3 is 0 Å². The summed E-state index contributed by atoms with van der Waals surface area (Å²) < 4.78 is 0.678. The van der Waals surface area contributed by atoms with Crippen LogP contribution in [-0.2, 0) is 4.79 Å². The molecule has 1 amide bonds. The van der Waals surface area contributed by atoms with E-state index >= 15 is 0 Å². The van der Waals surface area contributed by atoms with Gasteiger partial charge in [-0.05, 0) is 51.8 Å². The van der Waals surface area contributed by atoms with Gasteiger partial charge in [0.15, 0.2) is 4.32 Å². The zero-order chi connectivity index (χ0) is 19.0. The zero-order valence-electron chi connectivity index (χ0n) is 12.6. The van der Waals surface area contributed by atoms with Gasteiger partial charge in [0.1, 0.15) is 0 Å². The van der Waals surface area contributed by atoms with E-state index in [9.17, 15) is 14.9 Å². The van der Waals surface area contributed by atoms with Crippen LogP contribution >= 0.6 is 63.1 Å². The lowest BCUT2D eigenvalue weighted by atomic mass is 10.2. The monoisotopic (exact) mass is 488 g/mol. The van der Waals surface area contributed by atoms with Crippen LogP contribution in [0.25, 0.3) is 6.08 Å². The van der Waals surface area contributed by atoms with Gasteiger partial charge in [-0.2, -0.15) is 0 Å². The number of nitrogens with zero attached hydrogens (tertiary/aromatic N) is 2. The van der Waals surface area contributed by atoms with Gasteiger partial charge < -0.3 is 0 Å². The van der Waals surface area contributed by atoms with Gasteiger partial charge in [0.05, 0.1) is 25.0 Å². The molecule has 132 valence electrons. The van der Waals surface area contributed by atoms with E-state index < -0.39 is 4.92 Å². The normalized spacial score (nSPS) is 15.8. The van der Waals surface area contributed by atoms with Crippen LogP contribution in [0.15, 0.2) is 45.8 Å². The first-order chi connectivity index (χ1) is 12.3. The van der Waals surface area contributed by atoms with E-state index in [1.807, 2.05) is 0 Å². The molecule has 2 aromatic carbocycles. The summed E-state index contributed by atoms with van der Waals surface area (Å²) >= 11 is 21.6. The molecule has 1 aliphatic heterocycles. The summed E-state index contributed by atoms with van der Waals surface area (Å²) in [6.07, 6.45) is 1.56. The van der Waals surface area contributed by atoms with Gasteiger partial charge in [-0.15, -0.1) is 0 Å². The molecule has 10 heteroatoms. The van der Waals surface area contributed by atoms with Crippen LogP contribution in [0.3, 0.4) is 0 Å². The first-order valence-electron chi connectivity index (χ1n) is 6.95. The quantitative estimate of drug-likeness (QED) is 0.226. The maximum Gasteiger partial charge on any atom is 0.284 e. The number of anilines is 1. The van der Waals surface area contributed by atoms with Crippen LogP contribution in [0, 0.1) is 10.1 Å².